The number of nitrogens with two attached hydrogens (primary N) is 1. The van der Waals surface area contributed by atoms with Gasteiger partial charge in [0.1, 0.15) is 0 Å². The van der Waals surface area contributed by atoms with Crippen molar-refractivity contribution in [1.82, 2.24) is 10.2 Å². The maximum absolute atomic E-state index is 12.5. The molecule has 1 unspecified atom stereocenters. The molecule has 0 bridgehead atoms. The summed E-state index contributed by atoms with van der Waals surface area (Å²) in [6, 6.07) is 7.20. The summed E-state index contributed by atoms with van der Waals surface area (Å²) in [7, 11) is 0. The Kier molecular flexibility index (Phi) is 5.85. The van der Waals surface area contributed by atoms with Crippen LogP contribution in [0.5, 0.6) is 0 Å². The van der Waals surface area contributed by atoms with Crippen LogP contribution in [0.3, 0.4) is 0 Å². The minimum Gasteiger partial charge on any atom is -0.337 e. The van der Waals surface area contributed by atoms with Crippen LogP contribution in [-0.2, 0) is 0 Å². The number of hydrogen-bond acceptors (Lipinski definition) is 3. The van der Waals surface area contributed by atoms with Crippen LogP contribution in [0, 0.1) is 0 Å². The van der Waals surface area contributed by atoms with E-state index in [1.165, 1.54) is 0 Å². The highest BCUT2D eigenvalue weighted by atomic mass is 35.5. The summed E-state index contributed by atoms with van der Waals surface area (Å²) in [5.74, 6) is -0.0265. The third-order valence-corrected chi connectivity index (χ3v) is 4.03. The van der Waals surface area contributed by atoms with Crippen molar-refractivity contribution in [3.05, 3.63) is 29.8 Å². The number of rotatable bonds is 3. The molecule has 0 spiro atoms. The molecule has 4 N–H and O–H groups in total. The zero-order valence-corrected chi connectivity index (χ0v) is 13.8. The monoisotopic (exact) mass is 338 g/mol. The first-order chi connectivity index (χ1) is 10.6. The van der Waals surface area contributed by atoms with E-state index in [0.717, 1.165) is 32.2 Å². The molecule has 1 aromatic carbocycles. The molecular formula is C16H23ClN4O2. The Morgan fingerprint density at radius 3 is 2.70 bits per heavy atom. The largest absolute Gasteiger partial charge is 0.337 e. The summed E-state index contributed by atoms with van der Waals surface area (Å²) < 4.78 is 0. The van der Waals surface area contributed by atoms with Gasteiger partial charge in [-0.25, -0.2) is 4.79 Å². The van der Waals surface area contributed by atoms with Crippen LogP contribution in [0.2, 0.25) is 0 Å². The maximum atomic E-state index is 12.5. The first-order valence-electron chi connectivity index (χ1n) is 7.84. The summed E-state index contributed by atoms with van der Waals surface area (Å²) in [6.07, 6.45) is 3.99. The highest BCUT2D eigenvalue weighted by Gasteiger charge is 2.24. The lowest BCUT2D eigenvalue weighted by atomic mass is 10.1. The molecule has 126 valence electrons. The third kappa shape index (κ3) is 4.84. The second kappa shape index (κ2) is 7.66. The molecule has 1 saturated carbocycles. The molecule has 1 aliphatic carbocycles. The Bertz CT molecular complexity index is 577. The highest BCUT2D eigenvalue weighted by molar-refractivity contribution is 5.97. The van der Waals surface area contributed by atoms with Gasteiger partial charge in [0, 0.05) is 36.4 Å². The Hall–Kier alpha value is -1.79. The molecule has 23 heavy (non-hydrogen) atoms. The zero-order chi connectivity index (χ0) is 15.5. The van der Waals surface area contributed by atoms with Crippen molar-refractivity contribution in [2.45, 2.75) is 37.8 Å². The number of anilines is 1. The van der Waals surface area contributed by atoms with E-state index in [2.05, 4.69) is 10.6 Å². The van der Waals surface area contributed by atoms with Gasteiger partial charge >= 0.3 is 6.03 Å². The van der Waals surface area contributed by atoms with E-state index in [9.17, 15) is 9.59 Å². The summed E-state index contributed by atoms with van der Waals surface area (Å²) in [5.41, 5.74) is 7.14. The van der Waals surface area contributed by atoms with E-state index >= 15 is 0 Å². The van der Waals surface area contributed by atoms with E-state index < -0.39 is 0 Å². The van der Waals surface area contributed by atoms with Crippen LogP contribution in [0.25, 0.3) is 0 Å². The van der Waals surface area contributed by atoms with Crippen molar-refractivity contribution in [2.75, 3.05) is 18.4 Å². The van der Waals surface area contributed by atoms with E-state index in [-0.39, 0.29) is 30.4 Å². The summed E-state index contributed by atoms with van der Waals surface area (Å²) in [5, 5.41) is 5.63. The molecule has 3 amide bonds. The second-order valence-corrected chi connectivity index (χ2v) is 6.11. The zero-order valence-electron chi connectivity index (χ0n) is 13.0. The van der Waals surface area contributed by atoms with E-state index in [1.54, 1.807) is 29.2 Å². The van der Waals surface area contributed by atoms with E-state index in [4.69, 9.17) is 5.73 Å². The van der Waals surface area contributed by atoms with Gasteiger partial charge in [-0.15, -0.1) is 12.4 Å². The number of nitrogens with zero attached hydrogens (tertiary/aromatic N) is 1. The molecule has 2 fully saturated rings. The van der Waals surface area contributed by atoms with Crippen molar-refractivity contribution >= 4 is 30.0 Å². The topological polar surface area (TPSA) is 87.5 Å². The molecule has 1 atom stereocenters. The molecule has 1 aliphatic heterocycles. The molecule has 1 heterocycles. The van der Waals surface area contributed by atoms with E-state index in [0.29, 0.717) is 23.8 Å². The fourth-order valence-corrected chi connectivity index (χ4v) is 2.69. The SMILES string of the molecule is Cl.NC1CCCN(C(=O)c2cccc(NC(=O)NC3CC3)c2)C1. The molecule has 7 heteroatoms. The number of carbonyl (C=O) groups excluding carboxylic acids is 2. The van der Waals surface area contributed by atoms with E-state index in [1.807, 2.05) is 0 Å². The average Bonchev–Trinajstić information content (AvgIpc) is 3.30. The summed E-state index contributed by atoms with van der Waals surface area (Å²) in [6.45, 7) is 1.34. The lowest BCUT2D eigenvalue weighted by Gasteiger charge is -2.30. The Morgan fingerprint density at radius 1 is 1.22 bits per heavy atom. The molecule has 3 rings (SSSR count). The van der Waals surface area contributed by atoms with Gasteiger partial charge in [-0.2, -0.15) is 0 Å². The van der Waals surface area contributed by atoms with Gasteiger partial charge in [0.15, 0.2) is 0 Å². The van der Waals surface area contributed by atoms with Gasteiger partial charge in [-0.1, -0.05) is 6.07 Å². The summed E-state index contributed by atoms with van der Waals surface area (Å²) in [4.78, 5) is 26.1. The number of hydrogen-bond donors (Lipinski definition) is 3. The second-order valence-electron chi connectivity index (χ2n) is 6.11. The Labute approximate surface area is 142 Å². The number of halogens is 1. The van der Waals surface area contributed by atoms with Crippen molar-refractivity contribution in [1.29, 1.82) is 0 Å². The number of amides is 3. The fraction of sp³-hybridized carbons (Fsp3) is 0.500. The smallest absolute Gasteiger partial charge is 0.319 e. The minimum absolute atomic E-state index is 0. The quantitative estimate of drug-likeness (QED) is 0.787. The molecule has 0 radical (unpaired) electrons. The van der Waals surface area contributed by atoms with Gasteiger partial charge in [0.05, 0.1) is 0 Å². The normalized spacial score (nSPS) is 20.4. The molecule has 1 aromatic rings. The maximum Gasteiger partial charge on any atom is 0.319 e. The van der Waals surface area contributed by atoms with Crippen LogP contribution in [0.15, 0.2) is 24.3 Å². The Morgan fingerprint density at radius 2 is 2.00 bits per heavy atom. The van der Waals surface area contributed by atoms with Crippen molar-refractivity contribution < 1.29 is 9.59 Å². The molecule has 2 aliphatic rings. The van der Waals surface area contributed by atoms with Gasteiger partial charge < -0.3 is 21.3 Å². The molecular weight excluding hydrogens is 316 g/mol. The van der Waals surface area contributed by atoms with Crippen LogP contribution >= 0.6 is 12.4 Å². The van der Waals surface area contributed by atoms with Crippen molar-refractivity contribution in [3.8, 4) is 0 Å². The van der Waals surface area contributed by atoms with Crippen LogP contribution < -0.4 is 16.4 Å². The number of carbonyl (C=O) groups is 2. The predicted molar refractivity (Wildman–Crippen MR) is 92.0 cm³/mol. The average molecular weight is 339 g/mol. The van der Waals surface area contributed by atoms with Gasteiger partial charge in [-0.3, -0.25) is 4.79 Å². The number of benzene rings is 1. The standard InChI is InChI=1S/C16H22N4O2.ClH/c17-12-4-2-8-20(10-12)15(21)11-3-1-5-14(9-11)19-16(22)18-13-6-7-13;/h1,3,5,9,12-13H,2,4,6-8,10,17H2,(H2,18,19,22);1H. The summed E-state index contributed by atoms with van der Waals surface area (Å²) >= 11 is 0. The van der Waals surface area contributed by atoms with Gasteiger partial charge in [0.25, 0.3) is 5.91 Å². The molecule has 1 saturated heterocycles. The first-order valence-corrected chi connectivity index (χ1v) is 7.84. The minimum atomic E-state index is -0.216. The van der Waals surface area contributed by atoms with Crippen molar-refractivity contribution in [2.24, 2.45) is 5.73 Å². The van der Waals surface area contributed by atoms with Crippen LogP contribution in [-0.4, -0.2) is 42.0 Å². The van der Waals surface area contributed by atoms with Crippen LogP contribution in [0.4, 0.5) is 10.5 Å². The van der Waals surface area contributed by atoms with Crippen molar-refractivity contribution in [3.63, 3.8) is 0 Å². The Balaban J connectivity index is 0.00000192. The molecule has 0 aromatic heterocycles. The predicted octanol–water partition coefficient (Wildman–Crippen LogP) is 1.96. The number of nitrogens with one attached hydrogen (secondary N) is 2. The lowest BCUT2D eigenvalue weighted by Crippen LogP contribution is -2.45. The fourth-order valence-electron chi connectivity index (χ4n) is 2.69. The molecule has 6 nitrogen and oxygen atoms in total. The first kappa shape index (κ1) is 17.6. The number of likely N-dealkylation sites (tertiary alicyclic amines) is 1. The third-order valence-electron chi connectivity index (χ3n) is 4.03. The highest BCUT2D eigenvalue weighted by Crippen LogP contribution is 2.19. The van der Waals surface area contributed by atoms with Gasteiger partial charge in [0.2, 0.25) is 0 Å². The number of urea groups is 1. The lowest BCUT2D eigenvalue weighted by molar-refractivity contribution is 0.0709. The van der Waals surface area contributed by atoms with Crippen LogP contribution in [0.1, 0.15) is 36.0 Å². The van der Waals surface area contributed by atoms with Gasteiger partial charge in [-0.05, 0) is 43.9 Å². The number of piperidine rings is 1.